The number of hydrogen-bond donors (Lipinski definition) is 0. The highest BCUT2D eigenvalue weighted by Gasteiger charge is 2.24. The number of aromatic nitrogens is 5. The van der Waals surface area contributed by atoms with Gasteiger partial charge < -0.3 is 0 Å². The predicted octanol–water partition coefficient (Wildman–Crippen LogP) is 12.2. The van der Waals surface area contributed by atoms with Gasteiger partial charge in [-0.25, -0.2) is 9.97 Å². The molecule has 0 aliphatic heterocycles. The molecule has 5 nitrogen and oxygen atoms in total. The maximum Gasteiger partial charge on any atom is 0.166 e. The molecule has 2 aliphatic rings. The third-order valence-corrected chi connectivity index (χ3v) is 11.6. The van der Waals surface area contributed by atoms with Crippen LogP contribution in [0.1, 0.15) is 12.0 Å². The normalized spacial score (nSPS) is 15.5. The van der Waals surface area contributed by atoms with Gasteiger partial charge >= 0.3 is 0 Å². The summed E-state index contributed by atoms with van der Waals surface area (Å²) < 4.78 is 2.17. The SMILES string of the molecule is C1=CC2=CC=C(c3c4ccccc4c(-c4ccc5ccccc5c4)c4ccc(-c5ccc6c(c5)nc5c7nccnc7c7ncccc7n65)cc34)CC2C=C1. The van der Waals surface area contributed by atoms with Crippen LogP contribution >= 0.6 is 0 Å². The number of rotatable bonds is 3. The quantitative estimate of drug-likeness (QED) is 0.136. The summed E-state index contributed by atoms with van der Waals surface area (Å²) in [5.74, 6) is 0.367. The summed E-state index contributed by atoms with van der Waals surface area (Å²) in [7, 11) is 0. The van der Waals surface area contributed by atoms with Crippen LogP contribution in [0.4, 0.5) is 0 Å². The molecule has 4 heterocycles. The Morgan fingerprint density at radius 3 is 2.22 bits per heavy atom. The molecule has 2 aliphatic carbocycles. The standard InChI is InChI=1S/C50H31N5/c1-3-10-32-26-36(17-15-30(32)8-1)45-38-12-5-6-13-39(38)46(37-18-16-31-9-2-4-11-33(31)27-37)41-28-34(19-21-40(41)45)35-20-22-43-42(29-35)54-50-49-48(52-24-25-53-49)47-44(55(43)50)14-7-23-51-47/h1-26,28-29,33H,27H2. The van der Waals surface area contributed by atoms with E-state index in [2.05, 4.69) is 155 Å². The summed E-state index contributed by atoms with van der Waals surface area (Å²) in [5, 5.41) is 7.54. The molecule has 0 saturated heterocycles. The van der Waals surface area contributed by atoms with E-state index < -0.39 is 0 Å². The third-order valence-electron chi connectivity index (χ3n) is 11.6. The highest BCUT2D eigenvalue weighted by molar-refractivity contribution is 6.20. The second-order valence-electron chi connectivity index (χ2n) is 14.6. The van der Waals surface area contributed by atoms with Gasteiger partial charge in [0.05, 0.1) is 16.6 Å². The van der Waals surface area contributed by atoms with Gasteiger partial charge in [-0.05, 0) is 114 Å². The Labute approximate surface area is 316 Å². The molecule has 1 unspecified atom stereocenters. The fourth-order valence-corrected chi connectivity index (χ4v) is 9.11. The Hall–Kier alpha value is -7.24. The number of benzene rings is 6. The topological polar surface area (TPSA) is 56.0 Å². The van der Waals surface area contributed by atoms with Crippen molar-refractivity contribution in [3.8, 4) is 22.3 Å². The van der Waals surface area contributed by atoms with Gasteiger partial charge in [0, 0.05) is 24.5 Å². The van der Waals surface area contributed by atoms with Gasteiger partial charge in [-0.15, -0.1) is 0 Å². The van der Waals surface area contributed by atoms with Crippen molar-refractivity contribution in [1.29, 1.82) is 0 Å². The molecule has 5 heteroatoms. The first-order chi connectivity index (χ1) is 27.3. The largest absolute Gasteiger partial charge is 0.289 e. The first-order valence-electron chi connectivity index (χ1n) is 18.8. The van der Waals surface area contributed by atoms with Crippen molar-refractivity contribution in [1.82, 2.24) is 24.3 Å². The van der Waals surface area contributed by atoms with Gasteiger partial charge in [-0.3, -0.25) is 14.4 Å². The van der Waals surface area contributed by atoms with Crippen molar-refractivity contribution in [3.63, 3.8) is 0 Å². The van der Waals surface area contributed by atoms with Crippen molar-refractivity contribution >= 4 is 76.6 Å². The first-order valence-corrected chi connectivity index (χ1v) is 18.8. The summed E-state index contributed by atoms with van der Waals surface area (Å²) in [6, 6.07) is 42.2. The van der Waals surface area contributed by atoms with E-state index in [4.69, 9.17) is 15.0 Å². The zero-order valence-corrected chi connectivity index (χ0v) is 29.7. The zero-order chi connectivity index (χ0) is 36.0. The molecular formula is C50H31N5. The van der Waals surface area contributed by atoms with E-state index in [1.54, 1.807) is 12.4 Å². The Morgan fingerprint density at radius 2 is 1.29 bits per heavy atom. The van der Waals surface area contributed by atoms with E-state index >= 15 is 0 Å². The lowest BCUT2D eigenvalue weighted by atomic mass is 9.78. The molecule has 0 radical (unpaired) electrons. The molecule has 0 spiro atoms. The van der Waals surface area contributed by atoms with Crippen LogP contribution < -0.4 is 0 Å². The highest BCUT2D eigenvalue weighted by Crippen LogP contribution is 2.46. The fourth-order valence-electron chi connectivity index (χ4n) is 9.11. The summed E-state index contributed by atoms with van der Waals surface area (Å²) in [6.07, 6.45) is 19.8. The van der Waals surface area contributed by atoms with Gasteiger partial charge in [0.1, 0.15) is 16.6 Å². The number of fused-ring (bicyclic) bond motifs is 12. The summed E-state index contributed by atoms with van der Waals surface area (Å²) >= 11 is 0. The summed E-state index contributed by atoms with van der Waals surface area (Å²) in [4.78, 5) is 19.3. The van der Waals surface area contributed by atoms with E-state index in [0.29, 0.717) is 5.92 Å². The molecular weight excluding hydrogens is 671 g/mol. The Morgan fingerprint density at radius 1 is 0.527 bits per heavy atom. The van der Waals surface area contributed by atoms with Gasteiger partial charge in [0.2, 0.25) is 0 Å². The number of nitrogens with zero attached hydrogens (tertiary/aromatic N) is 5. The summed E-state index contributed by atoms with van der Waals surface area (Å²) in [5.41, 5.74) is 14.8. The number of hydrogen-bond acceptors (Lipinski definition) is 4. The van der Waals surface area contributed by atoms with Gasteiger partial charge in [0.15, 0.2) is 5.65 Å². The molecule has 0 N–H and O–H groups in total. The van der Waals surface area contributed by atoms with E-state index in [0.717, 1.165) is 56.3 Å². The molecule has 55 heavy (non-hydrogen) atoms. The number of allylic oxidation sites excluding steroid dienone is 8. The minimum atomic E-state index is 0.367. The first kappa shape index (κ1) is 30.2. The van der Waals surface area contributed by atoms with Crippen LogP contribution in [0.3, 0.4) is 0 Å². The third kappa shape index (κ3) is 4.53. The van der Waals surface area contributed by atoms with Gasteiger partial charge in [-0.1, -0.05) is 115 Å². The summed E-state index contributed by atoms with van der Waals surface area (Å²) in [6.45, 7) is 0. The van der Waals surface area contributed by atoms with Gasteiger partial charge in [-0.2, -0.15) is 0 Å². The number of imidazole rings is 1. The van der Waals surface area contributed by atoms with E-state index in [-0.39, 0.29) is 0 Å². The smallest absolute Gasteiger partial charge is 0.166 e. The molecule has 0 amide bonds. The molecule has 0 fully saturated rings. The lowest BCUT2D eigenvalue weighted by Crippen LogP contribution is -2.07. The van der Waals surface area contributed by atoms with Crippen LogP contribution in [0, 0.1) is 5.92 Å². The van der Waals surface area contributed by atoms with Crippen LogP contribution in [-0.2, 0) is 0 Å². The van der Waals surface area contributed by atoms with Crippen molar-refractivity contribution < 1.29 is 0 Å². The van der Waals surface area contributed by atoms with E-state index in [9.17, 15) is 0 Å². The van der Waals surface area contributed by atoms with E-state index in [1.807, 2.05) is 12.3 Å². The molecule has 12 rings (SSSR count). The average molecular weight is 702 g/mol. The second-order valence-corrected chi connectivity index (χ2v) is 14.6. The van der Waals surface area contributed by atoms with Crippen LogP contribution in [0.2, 0.25) is 0 Å². The molecule has 4 aromatic heterocycles. The molecule has 1 atom stereocenters. The predicted molar refractivity (Wildman–Crippen MR) is 227 cm³/mol. The average Bonchev–Trinajstić information content (AvgIpc) is 3.64. The van der Waals surface area contributed by atoms with Crippen LogP contribution in [0.5, 0.6) is 0 Å². The molecule has 10 aromatic rings. The maximum absolute atomic E-state index is 5.20. The van der Waals surface area contributed by atoms with Crippen LogP contribution in [0.15, 0.2) is 176 Å². The van der Waals surface area contributed by atoms with Gasteiger partial charge in [0.25, 0.3) is 0 Å². The fraction of sp³-hybridized carbons (Fsp3) is 0.0400. The van der Waals surface area contributed by atoms with Crippen LogP contribution in [-0.4, -0.2) is 24.3 Å². The van der Waals surface area contributed by atoms with Crippen molar-refractivity contribution in [3.05, 3.63) is 181 Å². The molecule has 0 saturated carbocycles. The van der Waals surface area contributed by atoms with Crippen LogP contribution in [0.25, 0.3) is 98.9 Å². The highest BCUT2D eigenvalue weighted by atomic mass is 15.0. The molecule has 6 aromatic carbocycles. The second kappa shape index (κ2) is 11.6. The zero-order valence-electron chi connectivity index (χ0n) is 29.7. The Kier molecular flexibility index (Phi) is 6.39. The van der Waals surface area contributed by atoms with Crippen molar-refractivity contribution in [2.45, 2.75) is 6.42 Å². The Bertz CT molecular complexity index is 3420. The molecule has 0 bridgehead atoms. The lowest BCUT2D eigenvalue weighted by molar-refractivity contribution is 0.794. The minimum absolute atomic E-state index is 0.367. The van der Waals surface area contributed by atoms with E-state index in [1.165, 1.54) is 60.2 Å². The lowest BCUT2D eigenvalue weighted by Gasteiger charge is -2.26. The van der Waals surface area contributed by atoms with Crippen molar-refractivity contribution in [2.24, 2.45) is 5.92 Å². The van der Waals surface area contributed by atoms with Crippen molar-refractivity contribution in [2.75, 3.05) is 0 Å². The Balaban J connectivity index is 1.12. The number of pyridine rings is 2. The molecule has 256 valence electrons. The minimum Gasteiger partial charge on any atom is -0.289 e. The maximum atomic E-state index is 5.20. The monoisotopic (exact) mass is 701 g/mol.